The van der Waals surface area contributed by atoms with Crippen molar-refractivity contribution >= 4 is 5.69 Å². The first-order valence-corrected chi connectivity index (χ1v) is 5.17. The molecule has 0 saturated carbocycles. The predicted molar refractivity (Wildman–Crippen MR) is 57.3 cm³/mol. The molecule has 15 heavy (non-hydrogen) atoms. The van der Waals surface area contributed by atoms with Crippen LogP contribution in [0.2, 0.25) is 0 Å². The van der Waals surface area contributed by atoms with Gasteiger partial charge in [-0.2, -0.15) is 5.26 Å². The Morgan fingerprint density at radius 3 is 2.60 bits per heavy atom. The molecule has 3 heteroatoms. The summed E-state index contributed by atoms with van der Waals surface area (Å²) in [6.45, 7) is 3.54. The highest BCUT2D eigenvalue weighted by Crippen LogP contribution is 2.26. The van der Waals surface area contributed by atoms with Gasteiger partial charge in [0.25, 0.3) is 0 Å². The standard InChI is InChI=1S/C12H13FN2/c1-9-6-10(8-14)12(7-11(9)13)15-4-2-3-5-15/h6-7H,2-5H2,1H3. The van der Waals surface area contributed by atoms with Crippen LogP contribution in [0.4, 0.5) is 10.1 Å². The van der Waals surface area contributed by atoms with Crippen molar-refractivity contribution in [3.8, 4) is 6.07 Å². The van der Waals surface area contributed by atoms with Crippen molar-refractivity contribution in [1.82, 2.24) is 0 Å². The highest BCUT2D eigenvalue weighted by Gasteiger charge is 2.17. The van der Waals surface area contributed by atoms with Crippen molar-refractivity contribution in [1.29, 1.82) is 5.26 Å². The van der Waals surface area contributed by atoms with E-state index in [0.29, 0.717) is 11.1 Å². The number of halogens is 1. The van der Waals surface area contributed by atoms with Crippen molar-refractivity contribution in [3.63, 3.8) is 0 Å². The fourth-order valence-electron chi connectivity index (χ4n) is 1.98. The first-order chi connectivity index (χ1) is 7.22. The third-order valence-corrected chi connectivity index (χ3v) is 2.84. The highest BCUT2D eigenvalue weighted by atomic mass is 19.1. The van der Waals surface area contributed by atoms with Crippen LogP contribution in [0.15, 0.2) is 12.1 Å². The Kier molecular flexibility index (Phi) is 2.59. The maximum Gasteiger partial charge on any atom is 0.128 e. The fourth-order valence-corrected chi connectivity index (χ4v) is 1.98. The number of rotatable bonds is 1. The fraction of sp³-hybridized carbons (Fsp3) is 0.417. The Labute approximate surface area is 88.9 Å². The van der Waals surface area contributed by atoms with Crippen LogP contribution in [0.3, 0.4) is 0 Å². The zero-order valence-corrected chi connectivity index (χ0v) is 8.76. The van der Waals surface area contributed by atoms with Gasteiger partial charge in [0, 0.05) is 13.1 Å². The average molecular weight is 204 g/mol. The maximum absolute atomic E-state index is 13.4. The van der Waals surface area contributed by atoms with E-state index in [-0.39, 0.29) is 5.82 Å². The summed E-state index contributed by atoms with van der Waals surface area (Å²) in [6.07, 6.45) is 2.25. The van der Waals surface area contributed by atoms with Gasteiger partial charge >= 0.3 is 0 Å². The van der Waals surface area contributed by atoms with Gasteiger partial charge in [-0.1, -0.05) is 0 Å². The van der Waals surface area contributed by atoms with E-state index in [2.05, 4.69) is 11.0 Å². The lowest BCUT2D eigenvalue weighted by atomic mass is 10.1. The molecule has 1 aliphatic heterocycles. The molecule has 0 aromatic heterocycles. The zero-order chi connectivity index (χ0) is 10.8. The number of benzene rings is 1. The Hall–Kier alpha value is -1.56. The van der Waals surface area contributed by atoms with E-state index in [0.717, 1.165) is 31.6 Å². The molecule has 0 atom stereocenters. The maximum atomic E-state index is 13.4. The van der Waals surface area contributed by atoms with Crippen LogP contribution in [0.25, 0.3) is 0 Å². The minimum atomic E-state index is -0.226. The lowest BCUT2D eigenvalue weighted by Gasteiger charge is -2.19. The van der Waals surface area contributed by atoms with Crippen molar-refractivity contribution in [3.05, 3.63) is 29.1 Å². The molecular weight excluding hydrogens is 191 g/mol. The Bertz CT molecular complexity index is 414. The van der Waals surface area contributed by atoms with Crippen molar-refractivity contribution in [2.75, 3.05) is 18.0 Å². The first-order valence-electron chi connectivity index (χ1n) is 5.17. The molecule has 1 aromatic carbocycles. The summed E-state index contributed by atoms with van der Waals surface area (Å²) in [7, 11) is 0. The molecule has 0 unspecified atom stereocenters. The summed E-state index contributed by atoms with van der Waals surface area (Å²) in [5.74, 6) is -0.226. The van der Waals surface area contributed by atoms with Gasteiger partial charge < -0.3 is 4.90 Å². The third-order valence-electron chi connectivity index (χ3n) is 2.84. The Morgan fingerprint density at radius 2 is 2.00 bits per heavy atom. The van der Waals surface area contributed by atoms with Crippen LogP contribution in [0, 0.1) is 24.1 Å². The van der Waals surface area contributed by atoms with Gasteiger partial charge in [0.05, 0.1) is 11.3 Å². The second-order valence-corrected chi connectivity index (χ2v) is 3.92. The van der Waals surface area contributed by atoms with E-state index >= 15 is 0 Å². The molecule has 0 amide bonds. The molecule has 2 rings (SSSR count). The largest absolute Gasteiger partial charge is 0.370 e. The second kappa shape index (κ2) is 3.90. The molecule has 1 aromatic rings. The summed E-state index contributed by atoms with van der Waals surface area (Å²) >= 11 is 0. The number of nitrogens with zero attached hydrogens (tertiary/aromatic N) is 2. The lowest BCUT2D eigenvalue weighted by molar-refractivity contribution is 0.617. The molecule has 1 fully saturated rings. The predicted octanol–water partition coefficient (Wildman–Crippen LogP) is 2.61. The quantitative estimate of drug-likeness (QED) is 0.703. The molecule has 0 aliphatic carbocycles. The summed E-state index contributed by atoms with van der Waals surface area (Å²) in [5.41, 5.74) is 1.86. The number of nitriles is 1. The van der Waals surface area contributed by atoms with Crippen LogP contribution >= 0.6 is 0 Å². The zero-order valence-electron chi connectivity index (χ0n) is 8.76. The minimum Gasteiger partial charge on any atom is -0.370 e. The number of hydrogen-bond donors (Lipinski definition) is 0. The average Bonchev–Trinajstić information content (AvgIpc) is 2.74. The summed E-state index contributed by atoms with van der Waals surface area (Å²) in [4.78, 5) is 2.08. The summed E-state index contributed by atoms with van der Waals surface area (Å²) < 4.78 is 13.4. The molecule has 0 bridgehead atoms. The lowest BCUT2D eigenvalue weighted by Crippen LogP contribution is -2.19. The van der Waals surface area contributed by atoms with E-state index in [4.69, 9.17) is 5.26 Å². The van der Waals surface area contributed by atoms with E-state index in [1.165, 1.54) is 6.07 Å². The minimum absolute atomic E-state index is 0.226. The van der Waals surface area contributed by atoms with Crippen LogP contribution in [0.1, 0.15) is 24.0 Å². The molecule has 0 N–H and O–H groups in total. The normalized spacial score (nSPS) is 15.4. The van der Waals surface area contributed by atoms with E-state index in [9.17, 15) is 4.39 Å². The number of anilines is 1. The molecule has 0 spiro atoms. The molecule has 2 nitrogen and oxygen atoms in total. The first kappa shape index (κ1) is 9.97. The number of hydrogen-bond acceptors (Lipinski definition) is 2. The van der Waals surface area contributed by atoms with Gasteiger partial charge in [-0.3, -0.25) is 0 Å². The van der Waals surface area contributed by atoms with E-state index in [1.54, 1.807) is 13.0 Å². The van der Waals surface area contributed by atoms with Crippen molar-refractivity contribution in [2.24, 2.45) is 0 Å². The van der Waals surface area contributed by atoms with Gasteiger partial charge in [0.2, 0.25) is 0 Å². The second-order valence-electron chi connectivity index (χ2n) is 3.92. The smallest absolute Gasteiger partial charge is 0.128 e. The Balaban J connectivity index is 2.45. The van der Waals surface area contributed by atoms with Gasteiger partial charge in [-0.25, -0.2) is 4.39 Å². The van der Waals surface area contributed by atoms with Crippen molar-refractivity contribution < 1.29 is 4.39 Å². The molecule has 78 valence electrons. The molecular formula is C12H13FN2. The topological polar surface area (TPSA) is 27.0 Å². The summed E-state index contributed by atoms with van der Waals surface area (Å²) in [6, 6.07) is 5.25. The van der Waals surface area contributed by atoms with E-state index in [1.807, 2.05) is 0 Å². The molecule has 1 aliphatic rings. The Morgan fingerprint density at radius 1 is 1.33 bits per heavy atom. The van der Waals surface area contributed by atoms with Gasteiger partial charge in [-0.15, -0.1) is 0 Å². The molecule has 1 saturated heterocycles. The summed E-state index contributed by atoms with van der Waals surface area (Å²) in [5, 5.41) is 8.99. The van der Waals surface area contributed by atoms with Gasteiger partial charge in [0.1, 0.15) is 11.9 Å². The highest BCUT2D eigenvalue weighted by molar-refractivity contribution is 5.61. The number of aryl methyl sites for hydroxylation is 1. The van der Waals surface area contributed by atoms with Crippen molar-refractivity contribution in [2.45, 2.75) is 19.8 Å². The van der Waals surface area contributed by atoms with Crippen LogP contribution in [0.5, 0.6) is 0 Å². The van der Waals surface area contributed by atoms with E-state index < -0.39 is 0 Å². The third kappa shape index (κ3) is 1.80. The van der Waals surface area contributed by atoms with Gasteiger partial charge in [0.15, 0.2) is 0 Å². The van der Waals surface area contributed by atoms with Crippen LogP contribution in [-0.4, -0.2) is 13.1 Å². The molecule has 0 radical (unpaired) electrons. The monoisotopic (exact) mass is 204 g/mol. The van der Waals surface area contributed by atoms with Crippen LogP contribution in [-0.2, 0) is 0 Å². The van der Waals surface area contributed by atoms with Crippen LogP contribution < -0.4 is 4.90 Å². The SMILES string of the molecule is Cc1cc(C#N)c(N2CCCC2)cc1F. The van der Waals surface area contributed by atoms with Gasteiger partial charge in [-0.05, 0) is 37.5 Å². The molecule has 1 heterocycles.